The standard InChI is InChI=1S/C14H33NO3Si/c1-6-15(7-2)11-10-12-16-13-14-19(5,17-8-3)18-9-4/h6-14H2,1-5H3. The molecule has 0 N–H and O–H groups in total. The molecule has 0 unspecified atom stereocenters. The molecule has 0 aromatic carbocycles. The lowest BCUT2D eigenvalue weighted by Crippen LogP contribution is -2.39. The van der Waals surface area contributed by atoms with Crippen LogP contribution < -0.4 is 0 Å². The van der Waals surface area contributed by atoms with Crippen LogP contribution in [0.25, 0.3) is 0 Å². The molecule has 0 saturated heterocycles. The summed E-state index contributed by atoms with van der Waals surface area (Å²) in [7, 11) is -1.98. The zero-order valence-electron chi connectivity index (χ0n) is 13.5. The molecular weight excluding hydrogens is 258 g/mol. The topological polar surface area (TPSA) is 30.9 Å². The van der Waals surface area contributed by atoms with Gasteiger partial charge in [0.05, 0.1) is 0 Å². The van der Waals surface area contributed by atoms with E-state index in [9.17, 15) is 0 Å². The summed E-state index contributed by atoms with van der Waals surface area (Å²) in [4.78, 5) is 2.42. The molecule has 116 valence electrons. The van der Waals surface area contributed by atoms with E-state index in [0.717, 1.165) is 58.5 Å². The molecule has 5 heteroatoms. The van der Waals surface area contributed by atoms with Crippen molar-refractivity contribution in [3.63, 3.8) is 0 Å². The average Bonchev–Trinajstić information content (AvgIpc) is 2.38. The van der Waals surface area contributed by atoms with Gasteiger partial charge in [-0.2, -0.15) is 0 Å². The van der Waals surface area contributed by atoms with Crippen molar-refractivity contribution in [1.29, 1.82) is 0 Å². The third kappa shape index (κ3) is 9.57. The Balaban J connectivity index is 3.65. The minimum absolute atomic E-state index is 0.727. The minimum Gasteiger partial charge on any atom is -0.395 e. The smallest absolute Gasteiger partial charge is 0.337 e. The summed E-state index contributed by atoms with van der Waals surface area (Å²) in [6.45, 7) is 17.0. The van der Waals surface area contributed by atoms with E-state index in [1.54, 1.807) is 0 Å². The first-order chi connectivity index (χ1) is 9.11. The van der Waals surface area contributed by atoms with E-state index in [-0.39, 0.29) is 0 Å². The summed E-state index contributed by atoms with van der Waals surface area (Å²) >= 11 is 0. The number of hydrogen-bond donors (Lipinski definition) is 0. The van der Waals surface area contributed by atoms with E-state index in [1.165, 1.54) is 0 Å². The number of nitrogens with zero attached hydrogens (tertiary/aromatic N) is 1. The highest BCUT2D eigenvalue weighted by Crippen LogP contribution is 2.13. The van der Waals surface area contributed by atoms with Crippen LogP contribution in [0.1, 0.15) is 34.1 Å². The Kier molecular flexibility index (Phi) is 11.9. The Morgan fingerprint density at radius 2 is 1.47 bits per heavy atom. The maximum absolute atomic E-state index is 5.78. The lowest BCUT2D eigenvalue weighted by molar-refractivity contribution is 0.118. The van der Waals surface area contributed by atoms with E-state index < -0.39 is 8.56 Å². The number of rotatable bonds is 13. The van der Waals surface area contributed by atoms with Crippen LogP contribution in [0.5, 0.6) is 0 Å². The molecule has 0 spiro atoms. The molecule has 0 aliphatic heterocycles. The second-order valence-corrected chi connectivity index (χ2v) is 8.09. The van der Waals surface area contributed by atoms with Gasteiger partial charge in [0.1, 0.15) is 0 Å². The average molecular weight is 292 g/mol. The Morgan fingerprint density at radius 1 is 0.895 bits per heavy atom. The summed E-state index contributed by atoms with van der Waals surface area (Å²) in [5, 5.41) is 0. The van der Waals surface area contributed by atoms with Gasteiger partial charge < -0.3 is 18.5 Å². The maximum atomic E-state index is 5.78. The van der Waals surface area contributed by atoms with Crippen molar-refractivity contribution in [2.75, 3.05) is 46.1 Å². The van der Waals surface area contributed by atoms with E-state index in [2.05, 4.69) is 25.3 Å². The molecule has 0 atom stereocenters. The first-order valence-corrected chi connectivity index (χ1v) is 10.2. The molecular formula is C14H33NO3Si. The van der Waals surface area contributed by atoms with Crippen molar-refractivity contribution in [3.8, 4) is 0 Å². The maximum Gasteiger partial charge on any atom is 0.337 e. The quantitative estimate of drug-likeness (QED) is 0.386. The number of hydrogen-bond acceptors (Lipinski definition) is 4. The third-order valence-electron chi connectivity index (χ3n) is 3.26. The minimum atomic E-state index is -1.98. The second kappa shape index (κ2) is 11.8. The highest BCUT2D eigenvalue weighted by molar-refractivity contribution is 6.66. The first-order valence-electron chi connectivity index (χ1n) is 7.69. The Morgan fingerprint density at radius 3 is 1.95 bits per heavy atom. The van der Waals surface area contributed by atoms with Gasteiger partial charge in [-0.05, 0) is 39.9 Å². The van der Waals surface area contributed by atoms with Crippen LogP contribution in [-0.2, 0) is 13.6 Å². The lowest BCUT2D eigenvalue weighted by atomic mass is 10.4. The summed E-state index contributed by atoms with van der Waals surface area (Å²) in [6.07, 6.45) is 1.10. The molecule has 19 heavy (non-hydrogen) atoms. The highest BCUT2D eigenvalue weighted by atomic mass is 28.4. The molecule has 0 rings (SSSR count). The third-order valence-corrected chi connectivity index (χ3v) is 6.17. The van der Waals surface area contributed by atoms with Crippen LogP contribution in [0.2, 0.25) is 12.6 Å². The zero-order chi connectivity index (χ0) is 14.6. The zero-order valence-corrected chi connectivity index (χ0v) is 14.5. The van der Waals surface area contributed by atoms with E-state index in [0.29, 0.717) is 0 Å². The molecule has 0 heterocycles. The molecule has 0 fully saturated rings. The molecule has 0 amide bonds. The van der Waals surface area contributed by atoms with E-state index in [4.69, 9.17) is 13.6 Å². The van der Waals surface area contributed by atoms with Gasteiger partial charge in [0.25, 0.3) is 0 Å². The lowest BCUT2D eigenvalue weighted by Gasteiger charge is -2.25. The van der Waals surface area contributed by atoms with Crippen LogP contribution >= 0.6 is 0 Å². The molecule has 0 aromatic heterocycles. The van der Waals surface area contributed by atoms with Crippen molar-refractivity contribution in [1.82, 2.24) is 4.90 Å². The summed E-state index contributed by atoms with van der Waals surface area (Å²) in [5.41, 5.74) is 0. The van der Waals surface area contributed by atoms with Gasteiger partial charge in [-0.3, -0.25) is 0 Å². The van der Waals surface area contributed by atoms with Crippen molar-refractivity contribution in [2.45, 2.75) is 46.7 Å². The van der Waals surface area contributed by atoms with Gasteiger partial charge in [0.2, 0.25) is 0 Å². The van der Waals surface area contributed by atoms with Crippen LogP contribution in [-0.4, -0.2) is 59.5 Å². The van der Waals surface area contributed by atoms with Gasteiger partial charge in [0, 0.05) is 39.0 Å². The first kappa shape index (κ1) is 19.1. The van der Waals surface area contributed by atoms with Crippen molar-refractivity contribution in [2.24, 2.45) is 0 Å². The fraction of sp³-hybridized carbons (Fsp3) is 1.00. The van der Waals surface area contributed by atoms with Gasteiger partial charge >= 0.3 is 8.56 Å². The Labute approximate surface area is 120 Å². The predicted octanol–water partition coefficient (Wildman–Crippen LogP) is 2.88. The molecule has 0 aromatic rings. The molecule has 0 aliphatic rings. The molecule has 0 bridgehead atoms. The SMILES string of the molecule is CCO[Si](C)(CCOCCCN(CC)CC)OCC. The summed E-state index contributed by atoms with van der Waals surface area (Å²) in [5.74, 6) is 0. The van der Waals surface area contributed by atoms with Gasteiger partial charge in [-0.25, -0.2) is 0 Å². The Hall–Kier alpha value is 0.0569. The van der Waals surface area contributed by atoms with Crippen LogP contribution in [0.15, 0.2) is 0 Å². The van der Waals surface area contributed by atoms with Crippen LogP contribution in [0.4, 0.5) is 0 Å². The van der Waals surface area contributed by atoms with Crippen molar-refractivity contribution >= 4 is 8.56 Å². The highest BCUT2D eigenvalue weighted by Gasteiger charge is 2.30. The predicted molar refractivity (Wildman–Crippen MR) is 82.9 cm³/mol. The van der Waals surface area contributed by atoms with Gasteiger partial charge in [-0.15, -0.1) is 0 Å². The summed E-state index contributed by atoms with van der Waals surface area (Å²) < 4.78 is 17.3. The molecule has 0 aliphatic carbocycles. The molecule has 0 radical (unpaired) electrons. The monoisotopic (exact) mass is 291 g/mol. The van der Waals surface area contributed by atoms with E-state index >= 15 is 0 Å². The fourth-order valence-electron chi connectivity index (χ4n) is 2.09. The van der Waals surface area contributed by atoms with Crippen molar-refractivity contribution in [3.05, 3.63) is 0 Å². The van der Waals surface area contributed by atoms with Gasteiger partial charge in [-0.1, -0.05) is 13.8 Å². The normalized spacial score (nSPS) is 12.3. The van der Waals surface area contributed by atoms with E-state index in [1.807, 2.05) is 13.8 Å². The van der Waals surface area contributed by atoms with Gasteiger partial charge in [0.15, 0.2) is 0 Å². The van der Waals surface area contributed by atoms with Crippen molar-refractivity contribution < 1.29 is 13.6 Å². The molecule has 4 nitrogen and oxygen atoms in total. The van der Waals surface area contributed by atoms with Crippen LogP contribution in [0.3, 0.4) is 0 Å². The second-order valence-electron chi connectivity index (χ2n) is 4.74. The largest absolute Gasteiger partial charge is 0.395 e. The number of ether oxygens (including phenoxy) is 1. The Bertz CT molecular complexity index is 195. The van der Waals surface area contributed by atoms with Crippen LogP contribution in [0, 0.1) is 0 Å². The fourth-order valence-corrected chi connectivity index (χ4v) is 4.19. The summed E-state index contributed by atoms with van der Waals surface area (Å²) in [6, 6.07) is 0.917. The molecule has 0 saturated carbocycles.